The molecule has 1 amide bonds. The van der Waals surface area contributed by atoms with Gasteiger partial charge in [0.2, 0.25) is 0 Å². The molecule has 21 heavy (non-hydrogen) atoms. The number of halogens is 4. The van der Waals surface area contributed by atoms with Gasteiger partial charge >= 0.3 is 0 Å². The van der Waals surface area contributed by atoms with Crippen molar-refractivity contribution in [1.82, 2.24) is 5.32 Å². The monoisotopic (exact) mass is 357 g/mol. The van der Waals surface area contributed by atoms with E-state index < -0.39 is 23.4 Å². The molecule has 0 heterocycles. The van der Waals surface area contributed by atoms with Gasteiger partial charge in [-0.2, -0.15) is 0 Å². The van der Waals surface area contributed by atoms with Gasteiger partial charge in [-0.1, -0.05) is 6.07 Å². The second-order valence-electron chi connectivity index (χ2n) is 4.38. The Morgan fingerprint density at radius 2 is 1.76 bits per heavy atom. The molecule has 2 rings (SSSR count). The Balaban J connectivity index is 1.99. The Labute approximate surface area is 128 Å². The molecule has 0 aliphatic rings. The summed E-state index contributed by atoms with van der Waals surface area (Å²) < 4.78 is 39.9. The lowest BCUT2D eigenvalue weighted by Crippen LogP contribution is -2.27. The molecule has 0 atom stereocenters. The summed E-state index contributed by atoms with van der Waals surface area (Å²) in [5.41, 5.74) is 0.323. The predicted molar refractivity (Wildman–Crippen MR) is 76.5 cm³/mol. The van der Waals surface area contributed by atoms with Crippen molar-refractivity contribution in [3.63, 3.8) is 0 Å². The SMILES string of the molecule is O=C(NCCc1cc(F)cc(F)c1)c1c(F)cccc1Br. The van der Waals surface area contributed by atoms with E-state index in [1.54, 1.807) is 6.07 Å². The first kappa shape index (κ1) is 15.6. The third kappa shape index (κ3) is 4.07. The van der Waals surface area contributed by atoms with Crippen LogP contribution in [0.25, 0.3) is 0 Å². The summed E-state index contributed by atoms with van der Waals surface area (Å²) >= 11 is 3.10. The minimum Gasteiger partial charge on any atom is -0.352 e. The molecule has 1 N–H and O–H groups in total. The Kier molecular flexibility index (Phi) is 5.01. The van der Waals surface area contributed by atoms with Crippen molar-refractivity contribution >= 4 is 21.8 Å². The van der Waals surface area contributed by atoms with Gasteiger partial charge in [-0.05, 0) is 52.2 Å². The third-order valence-corrected chi connectivity index (χ3v) is 3.47. The Hall–Kier alpha value is -1.82. The van der Waals surface area contributed by atoms with Gasteiger partial charge in [0.25, 0.3) is 5.91 Å². The van der Waals surface area contributed by atoms with Gasteiger partial charge < -0.3 is 5.32 Å². The first-order valence-corrected chi connectivity index (χ1v) is 6.94. The smallest absolute Gasteiger partial charge is 0.255 e. The van der Waals surface area contributed by atoms with E-state index in [-0.39, 0.29) is 18.5 Å². The molecule has 0 aromatic heterocycles. The molecule has 2 aromatic rings. The highest BCUT2D eigenvalue weighted by Crippen LogP contribution is 2.19. The van der Waals surface area contributed by atoms with Crippen LogP contribution in [0.4, 0.5) is 13.2 Å². The molecular formula is C15H11BrF3NO. The van der Waals surface area contributed by atoms with Crippen molar-refractivity contribution in [1.29, 1.82) is 0 Å². The lowest BCUT2D eigenvalue weighted by atomic mass is 10.1. The average Bonchev–Trinajstić information content (AvgIpc) is 2.37. The fourth-order valence-corrected chi connectivity index (χ4v) is 2.40. The first-order chi connectivity index (χ1) is 9.97. The zero-order valence-electron chi connectivity index (χ0n) is 10.8. The molecule has 0 fully saturated rings. The van der Waals surface area contributed by atoms with Gasteiger partial charge in [-0.15, -0.1) is 0 Å². The third-order valence-electron chi connectivity index (χ3n) is 2.81. The van der Waals surface area contributed by atoms with Crippen LogP contribution in [0.5, 0.6) is 0 Å². The number of nitrogens with one attached hydrogen (secondary N) is 1. The number of carbonyl (C=O) groups is 1. The zero-order chi connectivity index (χ0) is 15.4. The summed E-state index contributed by atoms with van der Waals surface area (Å²) in [5, 5.41) is 2.51. The van der Waals surface area contributed by atoms with Gasteiger partial charge in [-0.3, -0.25) is 4.79 Å². The van der Waals surface area contributed by atoms with Gasteiger partial charge in [0.05, 0.1) is 5.56 Å². The van der Waals surface area contributed by atoms with Gasteiger partial charge in [-0.25, -0.2) is 13.2 Å². The zero-order valence-corrected chi connectivity index (χ0v) is 12.4. The molecule has 0 radical (unpaired) electrons. The summed E-state index contributed by atoms with van der Waals surface area (Å²) in [4.78, 5) is 11.9. The van der Waals surface area contributed by atoms with Gasteiger partial charge in [0.1, 0.15) is 17.5 Å². The second-order valence-corrected chi connectivity index (χ2v) is 5.23. The van der Waals surface area contributed by atoms with Crippen LogP contribution in [0.3, 0.4) is 0 Å². The average molecular weight is 358 g/mol. The highest BCUT2D eigenvalue weighted by molar-refractivity contribution is 9.10. The minimum atomic E-state index is -0.673. The molecule has 0 saturated heterocycles. The number of rotatable bonds is 4. The second kappa shape index (κ2) is 6.76. The number of benzene rings is 2. The number of hydrogen-bond donors (Lipinski definition) is 1. The largest absolute Gasteiger partial charge is 0.352 e. The van der Waals surface area contributed by atoms with Crippen LogP contribution in [-0.4, -0.2) is 12.5 Å². The Morgan fingerprint density at radius 3 is 2.38 bits per heavy atom. The molecule has 110 valence electrons. The number of carbonyl (C=O) groups excluding carboxylic acids is 1. The first-order valence-electron chi connectivity index (χ1n) is 6.14. The van der Waals surface area contributed by atoms with E-state index in [1.165, 1.54) is 24.3 Å². The molecule has 6 heteroatoms. The van der Waals surface area contributed by atoms with Crippen LogP contribution in [-0.2, 0) is 6.42 Å². The maximum Gasteiger partial charge on any atom is 0.255 e. The summed E-state index contributed by atoms with van der Waals surface area (Å²) in [5.74, 6) is -2.57. The van der Waals surface area contributed by atoms with E-state index >= 15 is 0 Å². The van der Waals surface area contributed by atoms with Crippen molar-refractivity contribution in [3.05, 3.63) is 69.4 Å². The fraction of sp³-hybridized carbons (Fsp3) is 0.133. The molecule has 0 aliphatic heterocycles. The van der Waals surface area contributed by atoms with E-state index in [0.29, 0.717) is 10.0 Å². The molecular weight excluding hydrogens is 347 g/mol. The molecule has 0 bridgehead atoms. The van der Waals surface area contributed by atoms with Gasteiger partial charge in [0, 0.05) is 17.1 Å². The molecule has 2 nitrogen and oxygen atoms in total. The number of hydrogen-bond acceptors (Lipinski definition) is 1. The van der Waals surface area contributed by atoms with Crippen molar-refractivity contribution < 1.29 is 18.0 Å². The highest BCUT2D eigenvalue weighted by Gasteiger charge is 2.14. The van der Waals surface area contributed by atoms with E-state index in [1.807, 2.05) is 0 Å². The summed E-state index contributed by atoms with van der Waals surface area (Å²) in [6.45, 7) is 0.141. The maximum absolute atomic E-state index is 13.6. The van der Waals surface area contributed by atoms with Crippen molar-refractivity contribution in [3.8, 4) is 0 Å². The quantitative estimate of drug-likeness (QED) is 0.884. The van der Waals surface area contributed by atoms with Crippen molar-refractivity contribution in [2.45, 2.75) is 6.42 Å². The van der Waals surface area contributed by atoms with Crippen LogP contribution in [0.1, 0.15) is 15.9 Å². The predicted octanol–water partition coefficient (Wildman–Crippen LogP) is 3.84. The molecule has 0 unspecified atom stereocenters. The van der Waals surface area contributed by atoms with Crippen LogP contribution in [0.2, 0.25) is 0 Å². The molecule has 0 saturated carbocycles. The maximum atomic E-state index is 13.6. The lowest BCUT2D eigenvalue weighted by Gasteiger charge is -2.08. The van der Waals surface area contributed by atoms with E-state index in [2.05, 4.69) is 21.2 Å². The highest BCUT2D eigenvalue weighted by atomic mass is 79.9. The topological polar surface area (TPSA) is 29.1 Å². The van der Waals surface area contributed by atoms with E-state index in [4.69, 9.17) is 0 Å². The standard InChI is InChI=1S/C15H11BrF3NO/c16-12-2-1-3-13(19)14(12)15(21)20-5-4-9-6-10(17)8-11(18)7-9/h1-3,6-8H,4-5H2,(H,20,21). The number of amides is 1. The fourth-order valence-electron chi connectivity index (χ4n) is 1.88. The van der Waals surface area contributed by atoms with Crippen LogP contribution < -0.4 is 5.32 Å². The normalized spacial score (nSPS) is 10.5. The summed E-state index contributed by atoms with van der Waals surface area (Å²) in [6, 6.07) is 7.37. The Morgan fingerprint density at radius 1 is 1.10 bits per heavy atom. The van der Waals surface area contributed by atoms with Crippen molar-refractivity contribution in [2.24, 2.45) is 0 Å². The summed E-state index contributed by atoms with van der Waals surface area (Å²) in [6.07, 6.45) is 0.243. The minimum absolute atomic E-state index is 0.0945. The molecule has 0 spiro atoms. The van der Waals surface area contributed by atoms with E-state index in [9.17, 15) is 18.0 Å². The van der Waals surface area contributed by atoms with Gasteiger partial charge in [0.15, 0.2) is 0 Å². The van der Waals surface area contributed by atoms with Crippen LogP contribution in [0.15, 0.2) is 40.9 Å². The van der Waals surface area contributed by atoms with Crippen molar-refractivity contribution in [2.75, 3.05) is 6.54 Å². The van der Waals surface area contributed by atoms with Crippen LogP contribution >= 0.6 is 15.9 Å². The van der Waals surface area contributed by atoms with Crippen LogP contribution in [0, 0.1) is 17.5 Å². The Bertz CT molecular complexity index is 635. The van der Waals surface area contributed by atoms with E-state index in [0.717, 1.165) is 6.07 Å². The summed E-state index contributed by atoms with van der Waals surface area (Å²) in [7, 11) is 0. The molecule has 2 aromatic carbocycles. The lowest BCUT2D eigenvalue weighted by molar-refractivity contribution is 0.0949. The molecule has 0 aliphatic carbocycles.